The van der Waals surface area contributed by atoms with Gasteiger partial charge in [-0.3, -0.25) is 4.79 Å². The average Bonchev–Trinajstić information content (AvgIpc) is 2.32. The molecule has 18 heavy (non-hydrogen) atoms. The highest BCUT2D eigenvalue weighted by atomic mass is 35.5. The maximum atomic E-state index is 11.6. The van der Waals surface area contributed by atoms with Gasteiger partial charge in [0.25, 0.3) is 0 Å². The molecule has 2 unspecified atom stereocenters. The van der Waals surface area contributed by atoms with E-state index in [1.807, 2.05) is 0 Å². The SMILES string of the molecule is COCCOCCC(=O)NC1CCCNC1C.Cl. The van der Waals surface area contributed by atoms with Crippen molar-refractivity contribution in [3.05, 3.63) is 0 Å². The van der Waals surface area contributed by atoms with Gasteiger partial charge in [0, 0.05) is 25.6 Å². The highest BCUT2D eigenvalue weighted by Crippen LogP contribution is 2.08. The molecule has 1 heterocycles. The smallest absolute Gasteiger partial charge is 0.222 e. The first-order chi connectivity index (χ1) is 8.24. The molecule has 1 rings (SSSR count). The van der Waals surface area contributed by atoms with Crippen LogP contribution >= 0.6 is 12.4 Å². The Morgan fingerprint density at radius 2 is 2.17 bits per heavy atom. The van der Waals surface area contributed by atoms with Gasteiger partial charge in [0.05, 0.1) is 19.8 Å². The molecular weight excluding hydrogens is 256 g/mol. The molecule has 108 valence electrons. The molecular formula is C12H25ClN2O3. The number of ether oxygens (including phenoxy) is 2. The van der Waals surface area contributed by atoms with Crippen LogP contribution in [0.3, 0.4) is 0 Å². The zero-order valence-corrected chi connectivity index (χ0v) is 12.1. The van der Waals surface area contributed by atoms with E-state index < -0.39 is 0 Å². The molecule has 0 bridgehead atoms. The van der Waals surface area contributed by atoms with Crippen LogP contribution in [0.25, 0.3) is 0 Å². The topological polar surface area (TPSA) is 59.6 Å². The predicted molar refractivity (Wildman–Crippen MR) is 73.2 cm³/mol. The molecule has 0 aromatic carbocycles. The zero-order valence-electron chi connectivity index (χ0n) is 11.2. The highest BCUT2D eigenvalue weighted by Gasteiger charge is 2.21. The number of nitrogens with one attached hydrogen (secondary N) is 2. The van der Waals surface area contributed by atoms with E-state index in [-0.39, 0.29) is 24.4 Å². The fourth-order valence-corrected chi connectivity index (χ4v) is 1.93. The first kappa shape index (κ1) is 17.6. The fraction of sp³-hybridized carbons (Fsp3) is 0.917. The Morgan fingerprint density at radius 1 is 1.39 bits per heavy atom. The molecule has 5 nitrogen and oxygen atoms in total. The Morgan fingerprint density at radius 3 is 2.83 bits per heavy atom. The lowest BCUT2D eigenvalue weighted by Crippen LogP contribution is -2.52. The van der Waals surface area contributed by atoms with Gasteiger partial charge in [-0.05, 0) is 26.3 Å². The van der Waals surface area contributed by atoms with E-state index in [9.17, 15) is 4.79 Å². The zero-order chi connectivity index (χ0) is 12.5. The third-order valence-electron chi connectivity index (χ3n) is 3.01. The summed E-state index contributed by atoms with van der Waals surface area (Å²) in [6.07, 6.45) is 2.61. The van der Waals surface area contributed by atoms with Crippen molar-refractivity contribution in [2.75, 3.05) is 33.5 Å². The molecule has 6 heteroatoms. The van der Waals surface area contributed by atoms with E-state index >= 15 is 0 Å². The summed E-state index contributed by atoms with van der Waals surface area (Å²) >= 11 is 0. The minimum absolute atomic E-state index is 0. The lowest BCUT2D eigenvalue weighted by Gasteiger charge is -2.30. The molecule has 0 radical (unpaired) electrons. The van der Waals surface area contributed by atoms with Crippen molar-refractivity contribution in [3.8, 4) is 0 Å². The summed E-state index contributed by atoms with van der Waals surface area (Å²) < 4.78 is 10.1. The number of amides is 1. The summed E-state index contributed by atoms with van der Waals surface area (Å²) in [5, 5.41) is 6.41. The van der Waals surface area contributed by atoms with Gasteiger partial charge >= 0.3 is 0 Å². The molecule has 0 saturated carbocycles. The molecule has 1 saturated heterocycles. The number of hydrogen-bond acceptors (Lipinski definition) is 4. The maximum absolute atomic E-state index is 11.6. The van der Waals surface area contributed by atoms with Crippen LogP contribution in [0.4, 0.5) is 0 Å². The van der Waals surface area contributed by atoms with Crippen molar-refractivity contribution in [3.63, 3.8) is 0 Å². The number of carbonyl (C=O) groups excluding carboxylic acids is 1. The molecule has 1 amide bonds. The van der Waals surface area contributed by atoms with Crippen molar-refractivity contribution in [1.29, 1.82) is 0 Å². The van der Waals surface area contributed by atoms with Crippen molar-refractivity contribution in [2.24, 2.45) is 0 Å². The Hall–Kier alpha value is -0.360. The molecule has 0 aliphatic carbocycles. The summed E-state index contributed by atoms with van der Waals surface area (Å²) in [7, 11) is 1.63. The standard InChI is InChI=1S/C12H24N2O3.ClH/c1-10-11(4-3-6-13-10)14-12(15)5-7-17-9-8-16-2;/h10-11,13H,3-9H2,1-2H3,(H,14,15);1H. The van der Waals surface area contributed by atoms with Crippen LogP contribution in [-0.4, -0.2) is 51.5 Å². The normalized spacial score (nSPS) is 23.2. The van der Waals surface area contributed by atoms with Crippen LogP contribution in [0.1, 0.15) is 26.2 Å². The largest absolute Gasteiger partial charge is 0.382 e. The van der Waals surface area contributed by atoms with Gasteiger partial charge in [-0.1, -0.05) is 0 Å². The van der Waals surface area contributed by atoms with E-state index in [1.165, 1.54) is 0 Å². The van der Waals surface area contributed by atoms with Crippen molar-refractivity contribution < 1.29 is 14.3 Å². The van der Waals surface area contributed by atoms with Crippen LogP contribution in [-0.2, 0) is 14.3 Å². The van der Waals surface area contributed by atoms with E-state index in [0.29, 0.717) is 32.3 Å². The summed E-state index contributed by atoms with van der Waals surface area (Å²) in [5.41, 5.74) is 0. The number of rotatable bonds is 7. The Kier molecular flexibility index (Phi) is 10.3. The first-order valence-corrected chi connectivity index (χ1v) is 6.33. The molecule has 1 aliphatic rings. The number of hydrogen-bond donors (Lipinski definition) is 2. The second kappa shape index (κ2) is 10.6. The van der Waals surface area contributed by atoms with E-state index in [0.717, 1.165) is 19.4 Å². The Labute approximate surface area is 115 Å². The molecule has 2 atom stereocenters. The summed E-state index contributed by atoms with van der Waals surface area (Å²) in [6.45, 7) is 4.74. The minimum Gasteiger partial charge on any atom is -0.382 e. The van der Waals surface area contributed by atoms with Crippen LogP contribution in [0.2, 0.25) is 0 Å². The van der Waals surface area contributed by atoms with Crippen molar-refractivity contribution >= 4 is 18.3 Å². The molecule has 0 aromatic rings. The average molecular weight is 281 g/mol. The molecule has 1 aliphatic heterocycles. The van der Waals surface area contributed by atoms with E-state index in [2.05, 4.69) is 17.6 Å². The summed E-state index contributed by atoms with van der Waals surface area (Å²) in [5.74, 6) is 0.0722. The van der Waals surface area contributed by atoms with Gasteiger partial charge in [0.2, 0.25) is 5.91 Å². The number of carbonyl (C=O) groups is 1. The quantitative estimate of drug-likeness (QED) is 0.675. The third kappa shape index (κ3) is 7.16. The number of methoxy groups -OCH3 is 1. The van der Waals surface area contributed by atoms with Crippen molar-refractivity contribution in [1.82, 2.24) is 10.6 Å². The van der Waals surface area contributed by atoms with Gasteiger partial charge in [-0.25, -0.2) is 0 Å². The van der Waals surface area contributed by atoms with Crippen LogP contribution in [0.15, 0.2) is 0 Å². The highest BCUT2D eigenvalue weighted by molar-refractivity contribution is 5.85. The molecule has 0 spiro atoms. The number of piperidine rings is 1. The fourth-order valence-electron chi connectivity index (χ4n) is 1.93. The van der Waals surface area contributed by atoms with Crippen LogP contribution < -0.4 is 10.6 Å². The third-order valence-corrected chi connectivity index (χ3v) is 3.01. The van der Waals surface area contributed by atoms with Gasteiger partial charge in [0.15, 0.2) is 0 Å². The van der Waals surface area contributed by atoms with Crippen LogP contribution in [0, 0.1) is 0 Å². The van der Waals surface area contributed by atoms with Crippen molar-refractivity contribution in [2.45, 2.75) is 38.3 Å². The minimum atomic E-state index is 0. The molecule has 2 N–H and O–H groups in total. The monoisotopic (exact) mass is 280 g/mol. The molecule has 0 aromatic heterocycles. The van der Waals surface area contributed by atoms with Gasteiger partial charge in [-0.15, -0.1) is 12.4 Å². The second-order valence-electron chi connectivity index (χ2n) is 4.41. The lowest BCUT2D eigenvalue weighted by atomic mass is 10.00. The summed E-state index contributed by atoms with van der Waals surface area (Å²) in [6, 6.07) is 0.623. The predicted octanol–water partition coefficient (Wildman–Crippen LogP) is 0.718. The lowest BCUT2D eigenvalue weighted by molar-refractivity contribution is -0.123. The van der Waals surface area contributed by atoms with Gasteiger partial charge in [-0.2, -0.15) is 0 Å². The van der Waals surface area contributed by atoms with E-state index in [4.69, 9.17) is 9.47 Å². The Bertz CT molecular complexity index is 229. The summed E-state index contributed by atoms with van der Waals surface area (Å²) in [4.78, 5) is 11.6. The van der Waals surface area contributed by atoms with E-state index in [1.54, 1.807) is 7.11 Å². The second-order valence-corrected chi connectivity index (χ2v) is 4.41. The number of halogens is 1. The maximum Gasteiger partial charge on any atom is 0.222 e. The first-order valence-electron chi connectivity index (χ1n) is 6.33. The van der Waals surface area contributed by atoms with Crippen LogP contribution in [0.5, 0.6) is 0 Å². The molecule has 1 fully saturated rings. The van der Waals surface area contributed by atoms with Gasteiger partial charge < -0.3 is 20.1 Å². The Balaban J connectivity index is 0.00000289. The van der Waals surface area contributed by atoms with Gasteiger partial charge in [0.1, 0.15) is 0 Å².